The molecule has 0 bridgehead atoms. The molecule has 3 heteroatoms. The monoisotopic (exact) mass is 211 g/mol. The molecule has 1 atom stereocenters. The highest BCUT2D eigenvalue weighted by molar-refractivity contribution is 5.28. The molecule has 15 heavy (non-hydrogen) atoms. The number of likely N-dealkylation sites (N-methyl/N-ethyl adjacent to an activating group) is 1. The predicted octanol–water partition coefficient (Wildman–Crippen LogP) is 2.20. The first-order valence-electron chi connectivity index (χ1n) is 5.18. The summed E-state index contributed by atoms with van der Waals surface area (Å²) in [7, 11) is 1.75. The van der Waals surface area contributed by atoms with Gasteiger partial charge in [-0.25, -0.2) is 4.39 Å². The Bertz CT molecular complexity index is 325. The molecule has 0 heterocycles. The number of halogens is 1. The van der Waals surface area contributed by atoms with Gasteiger partial charge < -0.3 is 10.4 Å². The van der Waals surface area contributed by atoms with Crippen molar-refractivity contribution in [1.82, 2.24) is 5.32 Å². The zero-order valence-corrected chi connectivity index (χ0v) is 9.42. The highest BCUT2D eigenvalue weighted by Crippen LogP contribution is 2.22. The van der Waals surface area contributed by atoms with Crippen LogP contribution in [-0.2, 0) is 0 Å². The summed E-state index contributed by atoms with van der Waals surface area (Å²) in [5, 5.41) is 12.5. The van der Waals surface area contributed by atoms with E-state index in [9.17, 15) is 9.50 Å². The maximum Gasteiger partial charge on any atom is 0.127 e. The second-order valence-electron chi connectivity index (χ2n) is 4.01. The summed E-state index contributed by atoms with van der Waals surface area (Å²) in [6.45, 7) is 4.32. The molecule has 1 rings (SSSR count). The smallest absolute Gasteiger partial charge is 0.127 e. The van der Waals surface area contributed by atoms with Gasteiger partial charge in [0.2, 0.25) is 0 Å². The molecule has 0 saturated carbocycles. The van der Waals surface area contributed by atoms with E-state index in [4.69, 9.17) is 0 Å². The van der Waals surface area contributed by atoms with E-state index >= 15 is 0 Å². The van der Waals surface area contributed by atoms with Crippen LogP contribution in [0.15, 0.2) is 18.2 Å². The largest absolute Gasteiger partial charge is 0.387 e. The normalized spacial score (nSPS) is 13.2. The lowest BCUT2D eigenvalue weighted by atomic mass is 9.99. The van der Waals surface area contributed by atoms with Crippen LogP contribution in [0.5, 0.6) is 0 Å². The van der Waals surface area contributed by atoms with E-state index in [-0.39, 0.29) is 11.7 Å². The van der Waals surface area contributed by atoms with Crippen molar-refractivity contribution < 1.29 is 9.50 Å². The number of aliphatic hydroxyl groups excluding tert-OH is 1. The van der Waals surface area contributed by atoms with Crippen LogP contribution >= 0.6 is 0 Å². The molecule has 0 aliphatic carbocycles. The first kappa shape index (κ1) is 12.1. The van der Waals surface area contributed by atoms with E-state index in [2.05, 4.69) is 5.32 Å². The summed E-state index contributed by atoms with van der Waals surface area (Å²) in [5.74, 6) is -0.0712. The molecule has 2 N–H and O–H groups in total. The Labute approximate surface area is 90.1 Å². The maximum absolute atomic E-state index is 13.6. The van der Waals surface area contributed by atoms with Crippen LogP contribution in [0.3, 0.4) is 0 Å². The van der Waals surface area contributed by atoms with Crippen molar-refractivity contribution in [3.8, 4) is 0 Å². The molecule has 1 aromatic carbocycles. The quantitative estimate of drug-likeness (QED) is 0.800. The van der Waals surface area contributed by atoms with Crippen molar-refractivity contribution in [1.29, 1.82) is 0 Å². The fourth-order valence-corrected chi connectivity index (χ4v) is 1.53. The number of nitrogens with one attached hydrogen (secondary N) is 1. The minimum absolute atomic E-state index is 0.167. The van der Waals surface area contributed by atoms with E-state index in [0.717, 1.165) is 0 Å². The molecular formula is C12H18FNO. The molecule has 1 aromatic rings. The highest BCUT2D eigenvalue weighted by atomic mass is 19.1. The maximum atomic E-state index is 13.6. The lowest BCUT2D eigenvalue weighted by molar-refractivity contribution is 0.177. The topological polar surface area (TPSA) is 32.3 Å². The van der Waals surface area contributed by atoms with Crippen LogP contribution in [0.4, 0.5) is 4.39 Å². The minimum Gasteiger partial charge on any atom is -0.387 e. The van der Waals surface area contributed by atoms with E-state index in [1.54, 1.807) is 19.2 Å². The average molecular weight is 211 g/mol. The molecule has 1 unspecified atom stereocenters. The Morgan fingerprint density at radius 3 is 2.53 bits per heavy atom. The molecule has 0 spiro atoms. The van der Waals surface area contributed by atoms with Crippen molar-refractivity contribution >= 4 is 0 Å². The van der Waals surface area contributed by atoms with Crippen molar-refractivity contribution in [2.45, 2.75) is 25.9 Å². The third-order valence-corrected chi connectivity index (χ3v) is 2.43. The molecule has 0 fully saturated rings. The van der Waals surface area contributed by atoms with Gasteiger partial charge in [-0.15, -0.1) is 0 Å². The molecule has 0 aliphatic rings. The molecular weight excluding hydrogens is 193 g/mol. The van der Waals surface area contributed by atoms with Crippen LogP contribution in [-0.4, -0.2) is 18.7 Å². The summed E-state index contributed by atoms with van der Waals surface area (Å²) in [6, 6.07) is 4.94. The van der Waals surface area contributed by atoms with Crippen LogP contribution in [0.25, 0.3) is 0 Å². The van der Waals surface area contributed by atoms with Crippen LogP contribution in [0.1, 0.15) is 37.0 Å². The summed E-state index contributed by atoms with van der Waals surface area (Å²) >= 11 is 0. The summed E-state index contributed by atoms with van der Waals surface area (Å²) in [6.07, 6.45) is -0.647. The van der Waals surface area contributed by atoms with Gasteiger partial charge in [-0.05, 0) is 30.2 Å². The van der Waals surface area contributed by atoms with Gasteiger partial charge in [-0.3, -0.25) is 0 Å². The van der Waals surface area contributed by atoms with Crippen molar-refractivity contribution in [2.75, 3.05) is 13.6 Å². The Morgan fingerprint density at radius 2 is 2.07 bits per heavy atom. The second-order valence-corrected chi connectivity index (χ2v) is 4.01. The Balaban J connectivity index is 2.91. The summed E-state index contributed by atoms with van der Waals surface area (Å²) < 4.78 is 13.6. The van der Waals surface area contributed by atoms with Gasteiger partial charge in [-0.2, -0.15) is 0 Å². The number of hydrogen-bond acceptors (Lipinski definition) is 2. The zero-order chi connectivity index (χ0) is 11.4. The van der Waals surface area contributed by atoms with Crippen molar-refractivity contribution in [3.63, 3.8) is 0 Å². The molecule has 0 aliphatic heterocycles. The Hall–Kier alpha value is -0.930. The lowest BCUT2D eigenvalue weighted by Crippen LogP contribution is -2.16. The minimum atomic E-state index is -0.647. The van der Waals surface area contributed by atoms with Crippen LogP contribution in [0, 0.1) is 5.82 Å². The summed E-state index contributed by atoms with van der Waals surface area (Å²) in [4.78, 5) is 0. The third-order valence-electron chi connectivity index (χ3n) is 2.43. The van der Waals surface area contributed by atoms with Gasteiger partial charge in [0.05, 0.1) is 6.10 Å². The van der Waals surface area contributed by atoms with E-state index in [1.807, 2.05) is 13.8 Å². The second kappa shape index (κ2) is 5.24. The molecule has 2 nitrogen and oxygen atoms in total. The van der Waals surface area contributed by atoms with E-state index in [1.165, 1.54) is 6.07 Å². The zero-order valence-electron chi connectivity index (χ0n) is 9.42. The van der Waals surface area contributed by atoms with Crippen LogP contribution < -0.4 is 5.32 Å². The average Bonchev–Trinajstić information content (AvgIpc) is 2.17. The van der Waals surface area contributed by atoms with Gasteiger partial charge >= 0.3 is 0 Å². The number of benzene rings is 1. The SMILES string of the molecule is CNCC(O)c1ccc(C(C)C)c(F)c1. The van der Waals surface area contributed by atoms with Crippen LogP contribution in [0.2, 0.25) is 0 Å². The summed E-state index contributed by atoms with van der Waals surface area (Å²) in [5.41, 5.74) is 1.31. The third kappa shape index (κ3) is 3.01. The predicted molar refractivity (Wildman–Crippen MR) is 59.4 cm³/mol. The molecule has 84 valence electrons. The van der Waals surface area contributed by atoms with E-state index < -0.39 is 6.10 Å². The van der Waals surface area contributed by atoms with Gasteiger partial charge in [0.1, 0.15) is 5.82 Å². The fraction of sp³-hybridized carbons (Fsp3) is 0.500. The number of aliphatic hydroxyl groups is 1. The Kier molecular flexibility index (Phi) is 4.24. The molecule has 0 aromatic heterocycles. The van der Waals surface area contributed by atoms with Gasteiger partial charge in [0.15, 0.2) is 0 Å². The van der Waals surface area contributed by atoms with Crippen molar-refractivity contribution in [2.24, 2.45) is 0 Å². The van der Waals surface area contributed by atoms with Gasteiger partial charge in [-0.1, -0.05) is 26.0 Å². The first-order valence-corrected chi connectivity index (χ1v) is 5.18. The number of hydrogen-bond donors (Lipinski definition) is 2. The molecule has 0 saturated heterocycles. The molecule has 0 amide bonds. The standard InChI is InChI=1S/C12H18FNO/c1-8(2)10-5-4-9(6-11(10)13)12(15)7-14-3/h4-6,8,12,14-15H,7H2,1-3H3. The van der Waals surface area contributed by atoms with E-state index in [0.29, 0.717) is 17.7 Å². The first-order chi connectivity index (χ1) is 7.06. The van der Waals surface area contributed by atoms with Gasteiger partial charge in [0, 0.05) is 6.54 Å². The lowest BCUT2D eigenvalue weighted by Gasteiger charge is -2.13. The van der Waals surface area contributed by atoms with Gasteiger partial charge in [0.25, 0.3) is 0 Å². The van der Waals surface area contributed by atoms with Crippen molar-refractivity contribution in [3.05, 3.63) is 35.1 Å². The Morgan fingerprint density at radius 1 is 1.40 bits per heavy atom. The highest BCUT2D eigenvalue weighted by Gasteiger charge is 2.11. The number of rotatable bonds is 4. The molecule has 0 radical (unpaired) electrons. The fourth-order valence-electron chi connectivity index (χ4n) is 1.53.